The van der Waals surface area contributed by atoms with Crippen LogP contribution in [0.2, 0.25) is 0 Å². The van der Waals surface area contributed by atoms with E-state index in [1.807, 2.05) is 34.0 Å². The summed E-state index contributed by atoms with van der Waals surface area (Å²) < 4.78 is 1.84. The minimum Gasteiger partial charge on any atom is -0.345 e. The Hall–Kier alpha value is -3.30. The third-order valence-electron chi connectivity index (χ3n) is 5.36. The molecule has 5 rings (SSSR count). The summed E-state index contributed by atoms with van der Waals surface area (Å²) in [5.41, 5.74) is 0.804. The smallest absolute Gasteiger partial charge is 0.245 e. The molecule has 0 aliphatic carbocycles. The molecule has 10 heteroatoms. The molecular weight excluding hydrogens is 358 g/mol. The monoisotopic (exact) mass is 379 g/mol. The van der Waals surface area contributed by atoms with Crippen molar-refractivity contribution >= 4 is 11.7 Å². The van der Waals surface area contributed by atoms with Gasteiger partial charge in [-0.05, 0) is 25.0 Å². The first kappa shape index (κ1) is 16.8. The van der Waals surface area contributed by atoms with Crippen molar-refractivity contribution in [3.63, 3.8) is 0 Å². The summed E-state index contributed by atoms with van der Waals surface area (Å²) in [5, 5.41) is 16.6. The van der Waals surface area contributed by atoms with Gasteiger partial charge in [-0.2, -0.15) is 15.0 Å². The summed E-state index contributed by atoms with van der Waals surface area (Å²) >= 11 is 0. The Morgan fingerprint density at radius 3 is 2.79 bits per heavy atom. The third-order valence-corrected chi connectivity index (χ3v) is 5.36. The largest absolute Gasteiger partial charge is 0.345 e. The molecule has 0 spiro atoms. The van der Waals surface area contributed by atoms with Crippen LogP contribution in [0.3, 0.4) is 0 Å². The number of likely N-dealkylation sites (tertiary alicyclic amines) is 1. The molecule has 1 amide bonds. The van der Waals surface area contributed by atoms with E-state index < -0.39 is 0 Å². The number of rotatable bonds is 5. The molecule has 3 aromatic rings. The number of hydrogen-bond acceptors (Lipinski definition) is 7. The second kappa shape index (κ2) is 7.02. The molecule has 1 atom stereocenters. The molecule has 2 fully saturated rings. The number of carbonyl (C=O) groups is 1. The highest BCUT2D eigenvalue weighted by atomic mass is 16.2. The standard InChI is InChI=1S/C18H21N9O/c28-18(16-4-3-9-25(16)17-5-1-2-6-19-17)24-12-15(13-24)26-10-14(22-23-26)11-27-20-7-8-21-27/h1-2,5-8,10,15-16H,3-4,9,11-13H2. The van der Waals surface area contributed by atoms with Crippen molar-refractivity contribution in [3.8, 4) is 0 Å². The van der Waals surface area contributed by atoms with Gasteiger partial charge >= 0.3 is 0 Å². The van der Waals surface area contributed by atoms with Crippen LogP contribution in [0.1, 0.15) is 24.6 Å². The van der Waals surface area contributed by atoms with Crippen molar-refractivity contribution in [3.05, 3.63) is 48.7 Å². The fourth-order valence-corrected chi connectivity index (χ4v) is 3.87. The number of aromatic nitrogens is 7. The number of nitrogens with zero attached hydrogens (tertiary/aromatic N) is 9. The molecule has 0 saturated carbocycles. The van der Waals surface area contributed by atoms with Gasteiger partial charge in [-0.3, -0.25) is 4.79 Å². The SMILES string of the molecule is O=C(C1CCCN1c1ccccn1)N1CC(n2cc(Cn3nccn3)nn2)C1. The average molecular weight is 379 g/mol. The molecule has 1 unspecified atom stereocenters. The van der Waals surface area contributed by atoms with Crippen LogP contribution in [0.5, 0.6) is 0 Å². The first-order chi connectivity index (χ1) is 13.8. The normalized spacial score (nSPS) is 19.8. The Bertz CT molecular complexity index is 933. The van der Waals surface area contributed by atoms with Gasteiger partial charge in [0.2, 0.25) is 5.91 Å². The van der Waals surface area contributed by atoms with Gasteiger partial charge in [-0.1, -0.05) is 11.3 Å². The van der Waals surface area contributed by atoms with Crippen molar-refractivity contribution in [2.45, 2.75) is 31.5 Å². The summed E-state index contributed by atoms with van der Waals surface area (Å²) in [7, 11) is 0. The number of hydrogen-bond donors (Lipinski definition) is 0. The maximum atomic E-state index is 13.0. The average Bonchev–Trinajstić information content (AvgIpc) is 3.43. The van der Waals surface area contributed by atoms with E-state index in [1.165, 1.54) is 0 Å². The van der Waals surface area contributed by atoms with Crippen LogP contribution in [0.15, 0.2) is 43.0 Å². The molecule has 0 bridgehead atoms. The van der Waals surface area contributed by atoms with E-state index in [2.05, 4.69) is 30.4 Å². The minimum absolute atomic E-state index is 0.118. The van der Waals surface area contributed by atoms with Gasteiger partial charge in [0.25, 0.3) is 0 Å². The van der Waals surface area contributed by atoms with E-state index in [9.17, 15) is 4.79 Å². The Labute approximate surface area is 161 Å². The quantitative estimate of drug-likeness (QED) is 0.631. The fraction of sp³-hybridized carbons (Fsp3) is 0.444. The van der Waals surface area contributed by atoms with Crippen LogP contribution >= 0.6 is 0 Å². The molecule has 2 saturated heterocycles. The molecule has 5 heterocycles. The molecule has 3 aromatic heterocycles. The number of anilines is 1. The highest BCUT2D eigenvalue weighted by molar-refractivity contribution is 5.86. The van der Waals surface area contributed by atoms with Crippen molar-refractivity contribution < 1.29 is 4.79 Å². The summed E-state index contributed by atoms with van der Waals surface area (Å²) in [6, 6.07) is 5.87. The molecule has 0 radical (unpaired) electrons. The second-order valence-corrected chi connectivity index (χ2v) is 7.19. The van der Waals surface area contributed by atoms with E-state index in [0.29, 0.717) is 19.6 Å². The molecule has 28 heavy (non-hydrogen) atoms. The van der Waals surface area contributed by atoms with Crippen LogP contribution in [0, 0.1) is 0 Å². The number of carbonyl (C=O) groups excluding carboxylic acids is 1. The maximum Gasteiger partial charge on any atom is 0.245 e. The van der Waals surface area contributed by atoms with Gasteiger partial charge < -0.3 is 9.80 Å². The summed E-state index contributed by atoms with van der Waals surface area (Å²) in [6.45, 7) is 2.69. The second-order valence-electron chi connectivity index (χ2n) is 7.19. The van der Waals surface area contributed by atoms with E-state index >= 15 is 0 Å². The predicted molar refractivity (Wildman–Crippen MR) is 99.4 cm³/mol. The lowest BCUT2D eigenvalue weighted by Crippen LogP contribution is -2.56. The van der Waals surface area contributed by atoms with Crippen LogP contribution in [-0.2, 0) is 11.3 Å². The van der Waals surface area contributed by atoms with Gasteiger partial charge in [0.1, 0.15) is 24.1 Å². The lowest BCUT2D eigenvalue weighted by atomic mass is 10.1. The predicted octanol–water partition coefficient (Wildman–Crippen LogP) is 0.365. The van der Waals surface area contributed by atoms with Gasteiger partial charge in [-0.25, -0.2) is 9.67 Å². The fourth-order valence-electron chi connectivity index (χ4n) is 3.87. The zero-order chi connectivity index (χ0) is 18.9. The zero-order valence-corrected chi connectivity index (χ0v) is 15.4. The highest BCUT2D eigenvalue weighted by Gasteiger charge is 2.40. The van der Waals surface area contributed by atoms with Gasteiger partial charge in [0, 0.05) is 25.8 Å². The van der Waals surface area contributed by atoms with E-state index in [4.69, 9.17) is 0 Å². The van der Waals surface area contributed by atoms with Crippen LogP contribution in [-0.4, -0.2) is 71.5 Å². The molecular formula is C18H21N9O. The minimum atomic E-state index is -0.118. The topological polar surface area (TPSA) is 97.9 Å². The van der Waals surface area contributed by atoms with Gasteiger partial charge in [-0.15, -0.1) is 5.10 Å². The molecule has 0 N–H and O–H groups in total. The van der Waals surface area contributed by atoms with E-state index in [1.54, 1.807) is 23.4 Å². The van der Waals surface area contributed by atoms with E-state index in [0.717, 1.165) is 30.9 Å². The van der Waals surface area contributed by atoms with Crippen LogP contribution < -0.4 is 4.90 Å². The zero-order valence-electron chi connectivity index (χ0n) is 15.4. The van der Waals surface area contributed by atoms with Crippen LogP contribution in [0.25, 0.3) is 0 Å². The van der Waals surface area contributed by atoms with Crippen molar-refractivity contribution in [2.24, 2.45) is 0 Å². The molecule has 144 valence electrons. The summed E-state index contributed by atoms with van der Waals surface area (Å²) in [4.78, 5) is 23.0. The first-order valence-corrected chi connectivity index (χ1v) is 9.49. The van der Waals surface area contributed by atoms with Gasteiger partial charge in [0.05, 0.1) is 24.6 Å². The lowest BCUT2D eigenvalue weighted by molar-refractivity contribution is -0.138. The Morgan fingerprint density at radius 2 is 2.00 bits per heavy atom. The Kier molecular flexibility index (Phi) is 4.22. The van der Waals surface area contributed by atoms with Crippen molar-refractivity contribution in [1.82, 2.24) is 39.9 Å². The lowest BCUT2D eigenvalue weighted by Gasteiger charge is -2.41. The van der Waals surface area contributed by atoms with Crippen molar-refractivity contribution in [2.75, 3.05) is 24.5 Å². The molecule has 2 aliphatic rings. The molecule has 2 aliphatic heterocycles. The third kappa shape index (κ3) is 3.10. The molecule has 0 aromatic carbocycles. The number of pyridine rings is 1. The maximum absolute atomic E-state index is 13.0. The Morgan fingerprint density at radius 1 is 1.14 bits per heavy atom. The van der Waals surface area contributed by atoms with Crippen LogP contribution in [0.4, 0.5) is 5.82 Å². The first-order valence-electron chi connectivity index (χ1n) is 9.49. The molecule has 10 nitrogen and oxygen atoms in total. The van der Waals surface area contributed by atoms with E-state index in [-0.39, 0.29) is 18.0 Å². The van der Waals surface area contributed by atoms with Gasteiger partial charge in [0.15, 0.2) is 0 Å². The summed E-state index contributed by atoms with van der Waals surface area (Å²) in [6.07, 6.45) is 8.84. The van der Waals surface area contributed by atoms with Crippen molar-refractivity contribution in [1.29, 1.82) is 0 Å². The Balaban J connectivity index is 1.20. The number of amides is 1. The highest BCUT2D eigenvalue weighted by Crippen LogP contribution is 2.28. The summed E-state index contributed by atoms with van der Waals surface area (Å²) in [5.74, 6) is 1.06.